The highest BCUT2D eigenvalue weighted by Crippen LogP contribution is 2.33. The summed E-state index contributed by atoms with van der Waals surface area (Å²) in [6.45, 7) is 2.05. The fourth-order valence-corrected chi connectivity index (χ4v) is 4.46. The summed E-state index contributed by atoms with van der Waals surface area (Å²) in [6, 6.07) is 16.3. The van der Waals surface area contributed by atoms with Gasteiger partial charge in [-0.15, -0.1) is 0 Å². The summed E-state index contributed by atoms with van der Waals surface area (Å²) in [5, 5.41) is 10.7. The molecule has 4 rings (SSSR count). The number of non-ortho nitro benzene ring substituents is 1. The molecular formula is C21H18BrN3O3S. The van der Waals surface area contributed by atoms with Crippen LogP contribution in [0.3, 0.4) is 0 Å². The van der Waals surface area contributed by atoms with Crippen molar-refractivity contribution < 1.29 is 9.34 Å². The zero-order valence-corrected chi connectivity index (χ0v) is 17.9. The van der Waals surface area contributed by atoms with Crippen LogP contribution in [0.1, 0.15) is 18.6 Å². The summed E-state index contributed by atoms with van der Waals surface area (Å²) < 4.78 is 6.88. The normalized spacial score (nSPS) is 14.0. The third-order valence-corrected chi connectivity index (χ3v) is 6.13. The molecule has 1 saturated heterocycles. The Morgan fingerprint density at radius 1 is 1.07 bits per heavy atom. The quantitative estimate of drug-likeness (QED) is 0.234. The van der Waals surface area contributed by atoms with E-state index in [1.54, 1.807) is 30.1 Å². The van der Waals surface area contributed by atoms with Gasteiger partial charge in [-0.25, -0.2) is 0 Å². The van der Waals surface area contributed by atoms with Crippen molar-refractivity contribution in [1.29, 1.82) is 0 Å². The number of hydrogen-bond acceptors (Lipinski definition) is 6. The lowest BCUT2D eigenvalue weighted by molar-refractivity contribution is -0.384. The van der Waals surface area contributed by atoms with Crippen molar-refractivity contribution in [1.82, 2.24) is 0 Å². The van der Waals surface area contributed by atoms with E-state index >= 15 is 0 Å². The van der Waals surface area contributed by atoms with Gasteiger partial charge in [0.2, 0.25) is 5.88 Å². The Morgan fingerprint density at radius 3 is 2.31 bits per heavy atom. The molecule has 2 heterocycles. The molecule has 3 aromatic rings. The molecule has 2 aromatic carbocycles. The number of halogens is 1. The second-order valence-corrected chi connectivity index (χ2v) is 8.60. The van der Waals surface area contributed by atoms with Crippen molar-refractivity contribution in [2.75, 3.05) is 18.0 Å². The lowest BCUT2D eigenvalue weighted by Gasteiger charge is -2.13. The molecule has 6 nitrogen and oxygen atoms in total. The first-order valence-electron chi connectivity index (χ1n) is 9.19. The van der Waals surface area contributed by atoms with Crippen molar-refractivity contribution in [2.24, 2.45) is 4.99 Å². The monoisotopic (exact) mass is 471 g/mol. The Labute approximate surface area is 180 Å². The Bertz CT molecular complexity index is 1030. The average Bonchev–Trinajstić information content (AvgIpc) is 3.37. The smallest absolute Gasteiger partial charge is 0.269 e. The number of aliphatic imine (C=N–C) groups is 1. The molecule has 0 atom stereocenters. The van der Waals surface area contributed by atoms with Gasteiger partial charge in [0.15, 0.2) is 0 Å². The average molecular weight is 472 g/mol. The lowest BCUT2D eigenvalue weighted by Crippen LogP contribution is -2.17. The number of nitrogens with zero attached hydrogens (tertiary/aromatic N) is 3. The van der Waals surface area contributed by atoms with Crippen LogP contribution < -0.4 is 4.90 Å². The van der Waals surface area contributed by atoms with Gasteiger partial charge < -0.3 is 9.32 Å². The van der Waals surface area contributed by atoms with Gasteiger partial charge in [-0.1, -0.05) is 11.8 Å². The van der Waals surface area contributed by atoms with E-state index < -0.39 is 4.92 Å². The summed E-state index contributed by atoms with van der Waals surface area (Å²) in [7, 11) is 0. The zero-order chi connectivity index (χ0) is 20.2. The van der Waals surface area contributed by atoms with Crippen LogP contribution in [0.15, 0.2) is 78.3 Å². The van der Waals surface area contributed by atoms with Crippen molar-refractivity contribution in [3.05, 3.63) is 74.9 Å². The Morgan fingerprint density at radius 2 is 1.69 bits per heavy atom. The second kappa shape index (κ2) is 8.84. The highest BCUT2D eigenvalue weighted by atomic mass is 79.9. The molecule has 1 aliphatic heterocycles. The lowest BCUT2D eigenvalue weighted by atomic mass is 10.3. The Balaban J connectivity index is 1.40. The topological polar surface area (TPSA) is 71.9 Å². The van der Waals surface area contributed by atoms with Gasteiger partial charge in [-0.05, 0) is 65.2 Å². The molecule has 0 bridgehead atoms. The van der Waals surface area contributed by atoms with Crippen molar-refractivity contribution >= 4 is 51.2 Å². The van der Waals surface area contributed by atoms with Crippen LogP contribution >= 0.6 is 27.7 Å². The first-order valence-corrected chi connectivity index (χ1v) is 10.8. The highest BCUT2D eigenvalue weighted by Gasteiger charge is 2.19. The minimum Gasteiger partial charge on any atom is -0.438 e. The predicted molar refractivity (Wildman–Crippen MR) is 119 cm³/mol. The SMILES string of the molecule is O=[N+]([O-])c1ccc(Sc2ccc(N=Cc3cc(Br)c(N4CCCC4)o3)cc2)cc1. The van der Waals surface area contributed by atoms with Gasteiger partial charge in [0, 0.05) is 41.1 Å². The first kappa shape index (κ1) is 19.7. The van der Waals surface area contributed by atoms with Gasteiger partial charge in [0.25, 0.3) is 5.69 Å². The largest absolute Gasteiger partial charge is 0.438 e. The number of nitro benzene ring substituents is 1. The maximum absolute atomic E-state index is 10.7. The number of rotatable bonds is 6. The molecule has 1 aromatic heterocycles. The van der Waals surface area contributed by atoms with Crippen LogP contribution in [-0.4, -0.2) is 24.2 Å². The van der Waals surface area contributed by atoms with Gasteiger partial charge in [0.05, 0.1) is 21.3 Å². The van der Waals surface area contributed by atoms with Gasteiger partial charge >= 0.3 is 0 Å². The molecule has 8 heteroatoms. The maximum Gasteiger partial charge on any atom is 0.269 e. The number of benzene rings is 2. The molecule has 0 aliphatic carbocycles. The molecule has 0 radical (unpaired) electrons. The zero-order valence-electron chi connectivity index (χ0n) is 15.5. The first-order chi connectivity index (χ1) is 14.1. The summed E-state index contributed by atoms with van der Waals surface area (Å²) in [5.41, 5.74) is 0.921. The molecule has 0 unspecified atom stereocenters. The van der Waals surface area contributed by atoms with E-state index in [1.165, 1.54) is 25.0 Å². The molecule has 148 valence electrons. The van der Waals surface area contributed by atoms with E-state index in [4.69, 9.17) is 4.42 Å². The Hall–Kier alpha value is -2.58. The molecule has 0 N–H and O–H groups in total. The van der Waals surface area contributed by atoms with Crippen LogP contribution in [0, 0.1) is 10.1 Å². The molecule has 1 fully saturated rings. The molecular weight excluding hydrogens is 454 g/mol. The second-order valence-electron chi connectivity index (χ2n) is 6.60. The standard InChI is InChI=1S/C21H18BrN3O3S/c22-20-13-17(28-21(20)24-11-1-2-12-24)14-23-15-3-7-18(8-4-15)29-19-9-5-16(6-10-19)25(26)27/h3-10,13-14H,1-2,11-12H2. The van der Waals surface area contributed by atoms with E-state index in [9.17, 15) is 10.1 Å². The number of anilines is 1. The third-order valence-electron chi connectivity index (χ3n) is 4.54. The summed E-state index contributed by atoms with van der Waals surface area (Å²) in [5.74, 6) is 1.59. The molecule has 1 aliphatic rings. The van der Waals surface area contributed by atoms with E-state index in [0.29, 0.717) is 5.76 Å². The van der Waals surface area contributed by atoms with Crippen LogP contribution in [0.25, 0.3) is 0 Å². The minimum absolute atomic E-state index is 0.0940. The highest BCUT2D eigenvalue weighted by molar-refractivity contribution is 9.10. The van der Waals surface area contributed by atoms with E-state index in [-0.39, 0.29) is 5.69 Å². The van der Waals surface area contributed by atoms with E-state index in [1.807, 2.05) is 30.3 Å². The van der Waals surface area contributed by atoms with Crippen LogP contribution in [0.2, 0.25) is 0 Å². The maximum atomic E-state index is 10.7. The predicted octanol–water partition coefficient (Wildman–Crippen LogP) is 6.45. The van der Waals surface area contributed by atoms with Gasteiger partial charge in [-0.3, -0.25) is 15.1 Å². The fourth-order valence-electron chi connectivity index (χ4n) is 3.09. The summed E-state index contributed by atoms with van der Waals surface area (Å²) in [6.07, 6.45) is 4.12. The Kier molecular flexibility index (Phi) is 6.01. The number of hydrogen-bond donors (Lipinski definition) is 0. The summed E-state index contributed by atoms with van der Waals surface area (Å²) in [4.78, 5) is 19.1. The number of nitro groups is 1. The van der Waals surface area contributed by atoms with Crippen LogP contribution in [-0.2, 0) is 0 Å². The van der Waals surface area contributed by atoms with E-state index in [0.717, 1.165) is 38.9 Å². The van der Waals surface area contributed by atoms with Crippen LogP contribution in [0.4, 0.5) is 17.3 Å². The fraction of sp³-hybridized carbons (Fsp3) is 0.190. The third kappa shape index (κ3) is 4.89. The molecule has 0 amide bonds. The molecule has 0 saturated carbocycles. The summed E-state index contributed by atoms with van der Waals surface area (Å²) >= 11 is 5.12. The minimum atomic E-state index is -0.396. The molecule has 0 spiro atoms. The van der Waals surface area contributed by atoms with Crippen LogP contribution in [0.5, 0.6) is 0 Å². The number of furan rings is 1. The van der Waals surface area contributed by atoms with Crippen molar-refractivity contribution in [2.45, 2.75) is 22.6 Å². The van der Waals surface area contributed by atoms with Gasteiger partial charge in [0.1, 0.15) is 5.76 Å². The van der Waals surface area contributed by atoms with Crippen molar-refractivity contribution in [3.8, 4) is 0 Å². The van der Waals surface area contributed by atoms with E-state index in [2.05, 4.69) is 25.8 Å². The molecule has 29 heavy (non-hydrogen) atoms. The van der Waals surface area contributed by atoms with Crippen molar-refractivity contribution in [3.63, 3.8) is 0 Å². The van der Waals surface area contributed by atoms with Gasteiger partial charge in [-0.2, -0.15) is 0 Å².